The molecule has 1 aromatic heterocycles. The maximum absolute atomic E-state index is 12.4. The molecule has 2 heterocycles. The van der Waals surface area contributed by atoms with Crippen molar-refractivity contribution in [2.45, 2.75) is 5.37 Å². The normalized spacial score (nSPS) is 19.3. The number of aromatic carboxylic acids is 1. The number of aromatic nitrogens is 1. The lowest BCUT2D eigenvalue weighted by molar-refractivity contribution is 0.0692. The van der Waals surface area contributed by atoms with Crippen molar-refractivity contribution in [3.8, 4) is 0 Å². The maximum atomic E-state index is 12.4. The Labute approximate surface area is 126 Å². The van der Waals surface area contributed by atoms with Crippen molar-refractivity contribution in [3.63, 3.8) is 0 Å². The smallest absolute Gasteiger partial charge is 0.337 e. The van der Waals surface area contributed by atoms with E-state index in [9.17, 15) is 18.0 Å². The van der Waals surface area contributed by atoms with Crippen molar-refractivity contribution >= 4 is 33.5 Å². The highest BCUT2D eigenvalue weighted by Crippen LogP contribution is 2.22. The van der Waals surface area contributed by atoms with E-state index in [1.807, 2.05) is 0 Å². The van der Waals surface area contributed by atoms with Gasteiger partial charge in [-0.05, 0) is 12.1 Å². The average Bonchev–Trinajstić information content (AvgIpc) is 2.45. The van der Waals surface area contributed by atoms with E-state index in [2.05, 4.69) is 4.98 Å². The fourth-order valence-electron chi connectivity index (χ4n) is 1.96. The molecule has 1 unspecified atom stereocenters. The van der Waals surface area contributed by atoms with Gasteiger partial charge in [0.05, 0.1) is 5.56 Å². The lowest BCUT2D eigenvalue weighted by atomic mass is 10.2. The minimum absolute atomic E-state index is 0.0274. The molecular formula is C12H14N2O5S2. The van der Waals surface area contributed by atoms with Crippen LogP contribution < -0.4 is 0 Å². The van der Waals surface area contributed by atoms with E-state index in [0.717, 1.165) is 12.5 Å². The Bertz CT molecular complexity index is 657. The maximum Gasteiger partial charge on any atom is 0.337 e. The Kier molecular flexibility index (Phi) is 4.52. The first-order valence-electron chi connectivity index (χ1n) is 6.07. The predicted octanol–water partition coefficient (Wildman–Crippen LogP) is 0.339. The van der Waals surface area contributed by atoms with E-state index in [4.69, 9.17) is 5.11 Å². The number of hydrogen-bond donors (Lipinski definition) is 1. The predicted molar refractivity (Wildman–Crippen MR) is 78.2 cm³/mol. The molecule has 0 saturated carbocycles. The SMILES string of the molecule is CS(=O)(=O)C1CSCCN1C(=O)c1ccc(C(=O)O)cn1. The minimum Gasteiger partial charge on any atom is -0.478 e. The van der Waals surface area contributed by atoms with E-state index in [-0.39, 0.29) is 11.3 Å². The summed E-state index contributed by atoms with van der Waals surface area (Å²) in [5.41, 5.74) is 0.0148. The first-order chi connectivity index (χ1) is 9.80. The molecule has 0 bridgehead atoms. The standard InChI is InChI=1S/C12H14N2O5S2/c1-21(18,19)10-7-20-5-4-14(10)11(15)9-3-2-8(6-13-9)12(16)17/h2-3,6,10H,4-5,7H2,1H3,(H,16,17). The molecule has 7 nitrogen and oxygen atoms in total. The Balaban J connectivity index is 2.26. The van der Waals surface area contributed by atoms with E-state index in [0.29, 0.717) is 18.1 Å². The van der Waals surface area contributed by atoms with Crippen molar-refractivity contribution < 1.29 is 23.1 Å². The van der Waals surface area contributed by atoms with Crippen LogP contribution in [0.3, 0.4) is 0 Å². The van der Waals surface area contributed by atoms with Gasteiger partial charge in [0.2, 0.25) is 0 Å². The molecule has 9 heteroatoms. The van der Waals surface area contributed by atoms with Gasteiger partial charge >= 0.3 is 5.97 Å². The van der Waals surface area contributed by atoms with Crippen LogP contribution in [0, 0.1) is 0 Å². The van der Waals surface area contributed by atoms with Crippen molar-refractivity contribution in [2.75, 3.05) is 24.3 Å². The molecule has 0 aliphatic carbocycles. The second-order valence-corrected chi connectivity index (χ2v) is 7.95. The van der Waals surface area contributed by atoms with Crippen LogP contribution in [0.25, 0.3) is 0 Å². The number of carboxylic acids is 1. The zero-order valence-electron chi connectivity index (χ0n) is 11.2. The molecule has 0 aromatic carbocycles. The molecule has 1 atom stereocenters. The molecule has 1 aliphatic heterocycles. The van der Waals surface area contributed by atoms with E-state index in [1.54, 1.807) is 0 Å². The van der Waals surface area contributed by atoms with Crippen molar-refractivity contribution in [1.29, 1.82) is 0 Å². The quantitative estimate of drug-likeness (QED) is 0.852. The highest BCUT2D eigenvalue weighted by molar-refractivity contribution is 8.00. The molecule has 21 heavy (non-hydrogen) atoms. The fourth-order valence-corrected chi connectivity index (χ4v) is 4.78. The van der Waals surface area contributed by atoms with Crippen molar-refractivity contribution in [2.24, 2.45) is 0 Å². The summed E-state index contributed by atoms with van der Waals surface area (Å²) in [6.45, 7) is 0.323. The van der Waals surface area contributed by atoms with Crippen LogP contribution in [-0.2, 0) is 9.84 Å². The lowest BCUT2D eigenvalue weighted by Gasteiger charge is -2.33. The Hall–Kier alpha value is -1.61. The highest BCUT2D eigenvalue weighted by atomic mass is 32.2. The number of amides is 1. The first-order valence-corrected chi connectivity index (χ1v) is 9.18. The molecular weight excluding hydrogens is 316 g/mol. The molecule has 1 aromatic rings. The van der Waals surface area contributed by atoms with Crippen LogP contribution in [-0.4, -0.2) is 65.0 Å². The molecule has 114 valence electrons. The van der Waals surface area contributed by atoms with E-state index in [1.165, 1.54) is 28.8 Å². The van der Waals surface area contributed by atoms with Gasteiger partial charge in [-0.25, -0.2) is 13.2 Å². The van der Waals surface area contributed by atoms with Gasteiger partial charge in [-0.2, -0.15) is 11.8 Å². The van der Waals surface area contributed by atoms with Crippen LogP contribution in [0.5, 0.6) is 0 Å². The van der Waals surface area contributed by atoms with Gasteiger partial charge in [-0.1, -0.05) is 0 Å². The number of nitrogens with zero attached hydrogens (tertiary/aromatic N) is 2. The van der Waals surface area contributed by atoms with Crippen LogP contribution in [0.15, 0.2) is 18.3 Å². The van der Waals surface area contributed by atoms with Crippen molar-refractivity contribution in [3.05, 3.63) is 29.6 Å². The van der Waals surface area contributed by atoms with Gasteiger partial charge < -0.3 is 10.0 Å². The summed E-state index contributed by atoms with van der Waals surface area (Å²) in [7, 11) is -3.39. The molecule has 2 rings (SSSR count). The van der Waals surface area contributed by atoms with Crippen LogP contribution in [0.4, 0.5) is 0 Å². The third-order valence-electron chi connectivity index (χ3n) is 3.07. The van der Waals surface area contributed by atoms with Gasteiger partial charge in [-0.3, -0.25) is 9.78 Å². The van der Waals surface area contributed by atoms with E-state index >= 15 is 0 Å². The number of sulfone groups is 1. The zero-order valence-corrected chi connectivity index (χ0v) is 12.9. The largest absolute Gasteiger partial charge is 0.478 e. The number of carbonyl (C=O) groups is 2. The fraction of sp³-hybridized carbons (Fsp3) is 0.417. The molecule has 1 aliphatic rings. The summed E-state index contributed by atoms with van der Waals surface area (Å²) in [5.74, 6) is -0.643. The number of carboxylic acid groups (broad SMARTS) is 1. The van der Waals surface area contributed by atoms with Crippen LogP contribution in [0.1, 0.15) is 20.8 Å². The lowest BCUT2D eigenvalue weighted by Crippen LogP contribution is -2.50. The number of thioether (sulfide) groups is 1. The Morgan fingerprint density at radius 1 is 1.43 bits per heavy atom. The van der Waals surface area contributed by atoms with Gasteiger partial charge in [-0.15, -0.1) is 0 Å². The zero-order chi connectivity index (χ0) is 15.6. The van der Waals surface area contributed by atoms with Crippen LogP contribution in [0.2, 0.25) is 0 Å². The number of hydrogen-bond acceptors (Lipinski definition) is 6. The Morgan fingerprint density at radius 2 is 2.14 bits per heavy atom. The summed E-state index contributed by atoms with van der Waals surface area (Å²) >= 11 is 1.48. The van der Waals surface area contributed by atoms with E-state index < -0.39 is 27.1 Å². The minimum atomic E-state index is -3.39. The summed E-state index contributed by atoms with van der Waals surface area (Å²) in [5, 5.41) is 7.92. The second kappa shape index (κ2) is 6.02. The number of carbonyl (C=O) groups excluding carboxylic acids is 1. The highest BCUT2D eigenvalue weighted by Gasteiger charge is 2.35. The molecule has 1 N–H and O–H groups in total. The van der Waals surface area contributed by atoms with Crippen LogP contribution >= 0.6 is 11.8 Å². The summed E-state index contributed by atoms with van der Waals surface area (Å²) in [4.78, 5) is 28.2. The van der Waals surface area contributed by atoms with Gasteiger partial charge in [0, 0.05) is 30.5 Å². The third kappa shape index (κ3) is 3.53. The second-order valence-electron chi connectivity index (χ2n) is 4.59. The third-order valence-corrected chi connectivity index (χ3v) is 5.71. The van der Waals surface area contributed by atoms with Gasteiger partial charge in [0.1, 0.15) is 11.1 Å². The van der Waals surface area contributed by atoms with Gasteiger partial charge in [0.25, 0.3) is 5.91 Å². The monoisotopic (exact) mass is 330 g/mol. The topological polar surface area (TPSA) is 105 Å². The molecule has 0 radical (unpaired) electrons. The van der Waals surface area contributed by atoms with Gasteiger partial charge in [0.15, 0.2) is 9.84 Å². The average molecular weight is 330 g/mol. The first kappa shape index (κ1) is 15.8. The summed E-state index contributed by atoms with van der Waals surface area (Å²) < 4.78 is 23.5. The molecule has 0 spiro atoms. The Morgan fingerprint density at radius 3 is 2.67 bits per heavy atom. The molecule has 1 amide bonds. The number of pyridine rings is 1. The summed E-state index contributed by atoms with van der Waals surface area (Å²) in [6.07, 6.45) is 2.19. The number of rotatable bonds is 3. The van der Waals surface area contributed by atoms with Crippen molar-refractivity contribution in [1.82, 2.24) is 9.88 Å². The summed E-state index contributed by atoms with van der Waals surface area (Å²) in [6, 6.07) is 2.57. The molecule has 1 saturated heterocycles. The molecule has 1 fully saturated rings.